The first-order valence-corrected chi connectivity index (χ1v) is 5.73. The smallest absolute Gasteiger partial charge is 0.0839 e. The molecule has 0 aliphatic carbocycles. The average Bonchev–Trinajstić information content (AvgIpc) is 2.32. The van der Waals surface area contributed by atoms with Crippen LogP contribution >= 0.6 is 11.6 Å². The van der Waals surface area contributed by atoms with Crippen LogP contribution in [0.2, 0.25) is 0 Å². The minimum absolute atomic E-state index is 0.0945. The van der Waals surface area contributed by atoms with Gasteiger partial charge in [0.2, 0.25) is 0 Å². The quantitative estimate of drug-likeness (QED) is 0.712. The Labute approximate surface area is 101 Å². The summed E-state index contributed by atoms with van der Waals surface area (Å²) in [6.45, 7) is 4.17. The summed E-state index contributed by atoms with van der Waals surface area (Å²) in [4.78, 5) is 4.00. The van der Waals surface area contributed by atoms with Crippen LogP contribution in [0.4, 0.5) is 0 Å². The molecule has 0 aliphatic heterocycles. The second-order valence-electron chi connectivity index (χ2n) is 4.00. The van der Waals surface area contributed by atoms with Gasteiger partial charge in [-0.2, -0.15) is 0 Å². The van der Waals surface area contributed by atoms with Gasteiger partial charge in [-0.3, -0.25) is 4.98 Å². The summed E-state index contributed by atoms with van der Waals surface area (Å²) in [5.74, 6) is 0. The van der Waals surface area contributed by atoms with Gasteiger partial charge >= 0.3 is 0 Å². The summed E-state index contributed by atoms with van der Waals surface area (Å²) in [5, 5.41) is -0.0945. The summed E-state index contributed by atoms with van der Waals surface area (Å²) in [5.41, 5.74) is 4.72. The molecule has 82 valence electrons. The first kappa shape index (κ1) is 11.2. The number of aryl methyl sites for hydroxylation is 2. The Morgan fingerprint density at radius 2 is 1.75 bits per heavy atom. The Hall–Kier alpha value is -1.34. The molecule has 2 aromatic rings. The minimum Gasteiger partial charge on any atom is -0.265 e. The maximum atomic E-state index is 6.48. The molecule has 2 rings (SSSR count). The second-order valence-corrected chi connectivity index (χ2v) is 4.44. The Kier molecular flexibility index (Phi) is 3.25. The fourth-order valence-electron chi connectivity index (χ4n) is 1.74. The molecule has 0 radical (unpaired) electrons. The van der Waals surface area contributed by atoms with Crippen LogP contribution in [0.1, 0.15) is 27.6 Å². The zero-order chi connectivity index (χ0) is 11.5. The van der Waals surface area contributed by atoms with Crippen LogP contribution in [-0.2, 0) is 0 Å². The minimum atomic E-state index is -0.0945. The molecular formula is C14H14ClN. The van der Waals surface area contributed by atoms with Gasteiger partial charge in [-0.25, -0.2) is 0 Å². The van der Waals surface area contributed by atoms with Crippen molar-refractivity contribution in [2.75, 3.05) is 0 Å². The lowest BCUT2D eigenvalue weighted by Gasteiger charge is -2.13. The van der Waals surface area contributed by atoms with Crippen LogP contribution in [0.3, 0.4) is 0 Å². The molecule has 1 atom stereocenters. The van der Waals surface area contributed by atoms with Crippen molar-refractivity contribution in [3.63, 3.8) is 0 Å². The molecule has 0 aliphatic rings. The van der Waals surface area contributed by atoms with Gasteiger partial charge in [-0.05, 0) is 42.7 Å². The standard InChI is InChI=1S/C14H14ClN/c1-10-3-4-11(2)13(9-10)14(15)12-5-7-16-8-6-12/h3-9,14H,1-2H3. The van der Waals surface area contributed by atoms with Crippen LogP contribution in [0.15, 0.2) is 42.7 Å². The van der Waals surface area contributed by atoms with Gasteiger partial charge in [0.15, 0.2) is 0 Å². The molecule has 0 N–H and O–H groups in total. The summed E-state index contributed by atoms with van der Waals surface area (Å²) < 4.78 is 0. The molecule has 0 spiro atoms. The fourth-order valence-corrected chi connectivity index (χ4v) is 2.13. The van der Waals surface area contributed by atoms with Crippen molar-refractivity contribution < 1.29 is 0 Å². The second kappa shape index (κ2) is 4.67. The van der Waals surface area contributed by atoms with E-state index >= 15 is 0 Å². The molecule has 2 heteroatoms. The zero-order valence-electron chi connectivity index (χ0n) is 9.44. The van der Waals surface area contributed by atoms with Crippen LogP contribution in [0, 0.1) is 13.8 Å². The van der Waals surface area contributed by atoms with E-state index in [4.69, 9.17) is 11.6 Å². The highest BCUT2D eigenvalue weighted by atomic mass is 35.5. The van der Waals surface area contributed by atoms with E-state index < -0.39 is 0 Å². The third-order valence-corrected chi connectivity index (χ3v) is 3.19. The summed E-state index contributed by atoms with van der Waals surface area (Å²) >= 11 is 6.48. The molecule has 0 saturated heterocycles. The molecule has 16 heavy (non-hydrogen) atoms. The first-order chi connectivity index (χ1) is 7.68. The van der Waals surface area contributed by atoms with Gasteiger partial charge in [-0.15, -0.1) is 11.6 Å². The Morgan fingerprint density at radius 1 is 1.06 bits per heavy atom. The van der Waals surface area contributed by atoms with Crippen molar-refractivity contribution in [3.05, 3.63) is 65.0 Å². The van der Waals surface area contributed by atoms with Gasteiger partial charge < -0.3 is 0 Å². The highest BCUT2D eigenvalue weighted by Gasteiger charge is 2.12. The molecule has 1 aromatic heterocycles. The van der Waals surface area contributed by atoms with Crippen LogP contribution in [0.25, 0.3) is 0 Å². The predicted octanol–water partition coefficient (Wildman–Crippen LogP) is 4.03. The highest BCUT2D eigenvalue weighted by Crippen LogP contribution is 2.30. The summed E-state index contributed by atoms with van der Waals surface area (Å²) in [6.07, 6.45) is 3.55. The van der Waals surface area contributed by atoms with Gasteiger partial charge in [-0.1, -0.05) is 23.8 Å². The monoisotopic (exact) mass is 231 g/mol. The molecule has 1 aromatic carbocycles. The number of nitrogens with zero attached hydrogens (tertiary/aromatic N) is 1. The molecule has 1 heterocycles. The maximum Gasteiger partial charge on any atom is 0.0839 e. The lowest BCUT2D eigenvalue weighted by atomic mass is 9.99. The van der Waals surface area contributed by atoms with E-state index in [1.165, 1.54) is 16.7 Å². The molecule has 0 amide bonds. The number of benzene rings is 1. The van der Waals surface area contributed by atoms with E-state index in [0.29, 0.717) is 0 Å². The zero-order valence-corrected chi connectivity index (χ0v) is 10.2. The third-order valence-electron chi connectivity index (χ3n) is 2.71. The first-order valence-electron chi connectivity index (χ1n) is 5.29. The Bertz CT molecular complexity index is 479. The molecule has 0 bridgehead atoms. The van der Waals surface area contributed by atoms with E-state index in [9.17, 15) is 0 Å². The maximum absolute atomic E-state index is 6.48. The largest absolute Gasteiger partial charge is 0.265 e. The molecule has 0 saturated carbocycles. The predicted molar refractivity (Wildman–Crippen MR) is 67.8 cm³/mol. The van der Waals surface area contributed by atoms with Gasteiger partial charge in [0.1, 0.15) is 0 Å². The summed E-state index contributed by atoms with van der Waals surface area (Å²) in [7, 11) is 0. The number of pyridine rings is 1. The van der Waals surface area contributed by atoms with Crippen LogP contribution in [0.5, 0.6) is 0 Å². The number of aromatic nitrogens is 1. The number of rotatable bonds is 2. The fraction of sp³-hybridized carbons (Fsp3) is 0.214. The van der Waals surface area contributed by atoms with E-state index in [0.717, 1.165) is 5.56 Å². The Morgan fingerprint density at radius 3 is 2.44 bits per heavy atom. The molecule has 1 nitrogen and oxygen atoms in total. The number of halogens is 1. The van der Waals surface area contributed by atoms with Crippen LogP contribution in [-0.4, -0.2) is 4.98 Å². The number of hydrogen-bond acceptors (Lipinski definition) is 1. The van der Waals surface area contributed by atoms with Crippen molar-refractivity contribution in [1.29, 1.82) is 0 Å². The molecule has 1 unspecified atom stereocenters. The van der Waals surface area contributed by atoms with Crippen molar-refractivity contribution in [2.45, 2.75) is 19.2 Å². The van der Waals surface area contributed by atoms with Crippen molar-refractivity contribution >= 4 is 11.6 Å². The lowest BCUT2D eigenvalue weighted by Crippen LogP contribution is -1.97. The topological polar surface area (TPSA) is 12.9 Å². The Balaban J connectivity index is 2.41. The SMILES string of the molecule is Cc1ccc(C)c(C(Cl)c2ccncc2)c1. The van der Waals surface area contributed by atoms with E-state index in [2.05, 4.69) is 37.0 Å². The third kappa shape index (κ3) is 2.25. The number of alkyl halides is 1. The van der Waals surface area contributed by atoms with Gasteiger partial charge in [0.25, 0.3) is 0 Å². The molecule has 0 fully saturated rings. The lowest BCUT2D eigenvalue weighted by molar-refractivity contribution is 1.09. The van der Waals surface area contributed by atoms with E-state index in [-0.39, 0.29) is 5.38 Å². The normalized spacial score (nSPS) is 12.4. The van der Waals surface area contributed by atoms with Gasteiger partial charge in [0, 0.05) is 12.4 Å². The van der Waals surface area contributed by atoms with E-state index in [1.807, 2.05) is 12.1 Å². The van der Waals surface area contributed by atoms with E-state index in [1.54, 1.807) is 12.4 Å². The summed E-state index contributed by atoms with van der Waals surface area (Å²) in [6, 6.07) is 10.3. The van der Waals surface area contributed by atoms with Crippen molar-refractivity contribution in [3.8, 4) is 0 Å². The average molecular weight is 232 g/mol. The van der Waals surface area contributed by atoms with Crippen molar-refractivity contribution in [1.82, 2.24) is 4.98 Å². The van der Waals surface area contributed by atoms with Gasteiger partial charge in [0.05, 0.1) is 5.38 Å². The highest BCUT2D eigenvalue weighted by molar-refractivity contribution is 6.22. The van der Waals surface area contributed by atoms with Crippen molar-refractivity contribution in [2.24, 2.45) is 0 Å². The molecular weight excluding hydrogens is 218 g/mol. The number of hydrogen-bond donors (Lipinski definition) is 0. The van der Waals surface area contributed by atoms with Crippen LogP contribution < -0.4 is 0 Å².